The molecule has 1 aliphatic heterocycles. The van der Waals surface area contributed by atoms with Crippen LogP contribution in [0.1, 0.15) is 55.8 Å². The zero-order valence-corrected chi connectivity index (χ0v) is 18.4. The highest BCUT2D eigenvalue weighted by atomic mass is 16.5. The zero-order valence-electron chi connectivity index (χ0n) is 18.4. The highest BCUT2D eigenvalue weighted by Crippen LogP contribution is 2.43. The first kappa shape index (κ1) is 20.6. The zero-order chi connectivity index (χ0) is 22.2. The highest BCUT2D eigenvalue weighted by molar-refractivity contribution is 6.06. The van der Waals surface area contributed by atoms with Crippen LogP contribution in [0.3, 0.4) is 0 Å². The van der Waals surface area contributed by atoms with Crippen LogP contribution < -0.4 is 19.9 Å². The molecule has 1 unspecified atom stereocenters. The van der Waals surface area contributed by atoms with E-state index in [2.05, 4.69) is 16.8 Å². The van der Waals surface area contributed by atoms with Crippen molar-refractivity contribution in [1.82, 2.24) is 5.32 Å². The summed E-state index contributed by atoms with van der Waals surface area (Å²) in [5, 5.41) is 3.00. The molecule has 166 valence electrons. The van der Waals surface area contributed by atoms with Crippen molar-refractivity contribution in [2.75, 3.05) is 9.80 Å². The number of benzene rings is 2. The van der Waals surface area contributed by atoms with Crippen LogP contribution in [0.4, 0.5) is 11.4 Å². The Morgan fingerprint density at radius 3 is 2.38 bits per heavy atom. The molecule has 1 heterocycles. The first-order valence-electron chi connectivity index (χ1n) is 11.5. The van der Waals surface area contributed by atoms with Gasteiger partial charge in [-0.2, -0.15) is 0 Å². The first-order valence-corrected chi connectivity index (χ1v) is 11.5. The lowest BCUT2D eigenvalue weighted by Gasteiger charge is -2.43. The minimum Gasteiger partial charge on any atom is -0.457 e. The third-order valence-corrected chi connectivity index (χ3v) is 6.66. The maximum Gasteiger partial charge on any atom is 0.253 e. The van der Waals surface area contributed by atoms with Crippen molar-refractivity contribution in [3.8, 4) is 11.5 Å². The third-order valence-electron chi connectivity index (χ3n) is 6.66. The summed E-state index contributed by atoms with van der Waals surface area (Å²) >= 11 is 0. The summed E-state index contributed by atoms with van der Waals surface area (Å²) in [4.78, 5) is 29.1. The van der Waals surface area contributed by atoms with E-state index < -0.39 is 0 Å². The molecular weight excluding hydrogens is 402 g/mol. The van der Waals surface area contributed by atoms with Gasteiger partial charge in [-0.3, -0.25) is 14.5 Å². The van der Waals surface area contributed by atoms with Gasteiger partial charge in [-0.25, -0.2) is 0 Å². The number of amides is 2. The Balaban J connectivity index is 1.40. The van der Waals surface area contributed by atoms with Crippen LogP contribution in [0.2, 0.25) is 0 Å². The minimum absolute atomic E-state index is 0.0387. The number of rotatable bonds is 6. The molecule has 1 N–H and O–H groups in total. The van der Waals surface area contributed by atoms with Gasteiger partial charge in [0.25, 0.3) is 11.8 Å². The number of hydrogen-bond acceptors (Lipinski definition) is 4. The monoisotopic (exact) mass is 431 g/mol. The molecular formula is C26H29N3O3. The molecule has 3 aliphatic rings. The molecule has 0 spiro atoms. The molecule has 2 saturated carbocycles. The summed E-state index contributed by atoms with van der Waals surface area (Å²) in [6.45, 7) is 5.82. The topological polar surface area (TPSA) is 61.9 Å². The van der Waals surface area contributed by atoms with Gasteiger partial charge in [0, 0.05) is 29.9 Å². The number of hydrogen-bond donors (Lipinski definition) is 1. The lowest BCUT2D eigenvalue weighted by Crippen LogP contribution is -2.53. The Labute approximate surface area is 188 Å². The summed E-state index contributed by atoms with van der Waals surface area (Å²) < 4.78 is 6.13. The second kappa shape index (κ2) is 8.34. The van der Waals surface area contributed by atoms with Gasteiger partial charge in [-0.1, -0.05) is 19.4 Å². The fourth-order valence-electron chi connectivity index (χ4n) is 4.82. The van der Waals surface area contributed by atoms with E-state index in [-0.39, 0.29) is 17.9 Å². The molecule has 32 heavy (non-hydrogen) atoms. The number of carbonyl (C=O) groups is 2. The van der Waals surface area contributed by atoms with Gasteiger partial charge in [0.1, 0.15) is 17.5 Å². The van der Waals surface area contributed by atoms with Crippen LogP contribution in [0.5, 0.6) is 11.5 Å². The molecule has 2 amide bonds. The molecule has 0 saturated heterocycles. The van der Waals surface area contributed by atoms with E-state index in [1.807, 2.05) is 37.3 Å². The fraction of sp³-hybridized carbons (Fsp3) is 0.385. The largest absolute Gasteiger partial charge is 0.457 e. The average molecular weight is 432 g/mol. The number of ether oxygens (including phenoxy) is 1. The standard InChI is InChI=1S/C26H29N3O3/c1-3-28-23-15-14-22(16-24(23)29(17(2)26(28)31)20-6-4-5-7-20)32-21-12-8-18(9-13-21)25(30)27-19-10-11-19/h3,8-9,12-17,19-20H,1,4-7,10-11H2,2H3,(H,27,30). The SMILES string of the molecule is C=CN1C(=O)C(C)N(C2CCCC2)c2cc(Oc3ccc(C(=O)NC4CC4)cc3)ccc21. The Kier molecular flexibility index (Phi) is 5.37. The van der Waals surface area contributed by atoms with Crippen molar-refractivity contribution in [3.63, 3.8) is 0 Å². The molecule has 0 radical (unpaired) electrons. The van der Waals surface area contributed by atoms with E-state index >= 15 is 0 Å². The van der Waals surface area contributed by atoms with Gasteiger partial charge in [-0.15, -0.1) is 0 Å². The van der Waals surface area contributed by atoms with Crippen molar-refractivity contribution in [2.24, 2.45) is 0 Å². The average Bonchev–Trinajstić information content (AvgIpc) is 3.45. The molecule has 0 aromatic heterocycles. The summed E-state index contributed by atoms with van der Waals surface area (Å²) in [7, 11) is 0. The quantitative estimate of drug-likeness (QED) is 0.699. The second-order valence-electron chi connectivity index (χ2n) is 8.94. The highest BCUT2D eigenvalue weighted by Gasteiger charge is 2.39. The van der Waals surface area contributed by atoms with E-state index in [0.717, 1.165) is 37.1 Å². The summed E-state index contributed by atoms with van der Waals surface area (Å²) in [5.41, 5.74) is 2.48. The number of anilines is 2. The van der Waals surface area contributed by atoms with Crippen molar-refractivity contribution in [1.29, 1.82) is 0 Å². The predicted molar refractivity (Wildman–Crippen MR) is 125 cm³/mol. The summed E-state index contributed by atoms with van der Waals surface area (Å²) in [6, 6.07) is 13.5. The molecule has 5 rings (SSSR count). The number of nitrogens with zero attached hydrogens (tertiary/aromatic N) is 2. The van der Waals surface area contributed by atoms with Gasteiger partial charge in [0.2, 0.25) is 0 Å². The Hall–Kier alpha value is -3.28. The van der Waals surface area contributed by atoms with Gasteiger partial charge in [-0.05, 0) is 69.0 Å². The Morgan fingerprint density at radius 1 is 1.03 bits per heavy atom. The maximum atomic E-state index is 13.0. The minimum atomic E-state index is -0.247. The van der Waals surface area contributed by atoms with Crippen LogP contribution in [-0.2, 0) is 4.79 Å². The van der Waals surface area contributed by atoms with Crippen LogP contribution >= 0.6 is 0 Å². The van der Waals surface area contributed by atoms with Crippen LogP contribution in [0.25, 0.3) is 0 Å². The van der Waals surface area contributed by atoms with Crippen LogP contribution in [-0.4, -0.2) is 29.9 Å². The van der Waals surface area contributed by atoms with Crippen molar-refractivity contribution in [3.05, 3.63) is 60.8 Å². The second-order valence-corrected chi connectivity index (χ2v) is 8.94. The van der Waals surface area contributed by atoms with Crippen molar-refractivity contribution < 1.29 is 14.3 Å². The Morgan fingerprint density at radius 2 is 1.72 bits per heavy atom. The van der Waals surface area contributed by atoms with E-state index in [9.17, 15) is 9.59 Å². The molecule has 2 fully saturated rings. The third kappa shape index (κ3) is 3.85. The number of fused-ring (bicyclic) bond motifs is 1. The van der Waals surface area contributed by atoms with Crippen molar-refractivity contribution in [2.45, 2.75) is 63.6 Å². The van der Waals surface area contributed by atoms with Gasteiger partial charge < -0.3 is 15.0 Å². The van der Waals surface area contributed by atoms with Gasteiger partial charge in [0.15, 0.2) is 0 Å². The molecule has 2 aliphatic carbocycles. The summed E-state index contributed by atoms with van der Waals surface area (Å²) in [6.07, 6.45) is 8.31. The van der Waals surface area contributed by atoms with Gasteiger partial charge >= 0.3 is 0 Å². The molecule has 2 aromatic rings. The Bertz CT molecular complexity index is 1040. The molecule has 2 aromatic carbocycles. The molecule has 6 nitrogen and oxygen atoms in total. The maximum absolute atomic E-state index is 13.0. The number of carbonyl (C=O) groups excluding carboxylic acids is 2. The van der Waals surface area contributed by atoms with Gasteiger partial charge in [0.05, 0.1) is 11.4 Å². The fourth-order valence-corrected chi connectivity index (χ4v) is 4.82. The number of nitrogens with one attached hydrogen (secondary N) is 1. The van der Waals surface area contributed by atoms with E-state index in [4.69, 9.17) is 4.74 Å². The van der Waals surface area contributed by atoms with E-state index in [1.54, 1.807) is 23.2 Å². The smallest absolute Gasteiger partial charge is 0.253 e. The van der Waals surface area contributed by atoms with E-state index in [0.29, 0.717) is 29.1 Å². The van der Waals surface area contributed by atoms with E-state index in [1.165, 1.54) is 12.8 Å². The summed E-state index contributed by atoms with van der Waals surface area (Å²) in [5.74, 6) is 1.38. The van der Waals surface area contributed by atoms with Crippen molar-refractivity contribution >= 4 is 23.2 Å². The lowest BCUT2D eigenvalue weighted by atomic mass is 10.0. The normalized spacial score (nSPS) is 20.8. The molecule has 1 atom stereocenters. The van der Waals surface area contributed by atoms with Crippen LogP contribution in [0.15, 0.2) is 55.2 Å². The molecule has 6 heteroatoms. The first-order chi connectivity index (χ1) is 15.5. The lowest BCUT2D eigenvalue weighted by molar-refractivity contribution is -0.119. The van der Waals surface area contributed by atoms with Crippen LogP contribution in [0, 0.1) is 0 Å². The molecule has 0 bridgehead atoms. The predicted octanol–water partition coefficient (Wildman–Crippen LogP) is 5.00.